The van der Waals surface area contributed by atoms with E-state index in [2.05, 4.69) is 35.2 Å². The highest BCUT2D eigenvalue weighted by Crippen LogP contribution is 2.30. The average Bonchev–Trinajstić information content (AvgIpc) is 3.28. The molecule has 0 saturated carbocycles. The van der Waals surface area contributed by atoms with Crippen LogP contribution in [0.1, 0.15) is 42.7 Å². The molecule has 1 amide bonds. The number of piperidine rings is 1. The molecule has 2 aliphatic rings. The summed E-state index contributed by atoms with van der Waals surface area (Å²) in [5.41, 5.74) is 3.76. The molecule has 0 radical (unpaired) electrons. The van der Waals surface area contributed by atoms with Crippen LogP contribution in [-0.2, 0) is 20.8 Å². The Balaban J connectivity index is 0.000000454. The number of hydrogen-bond acceptors (Lipinski definition) is 4. The maximum absolute atomic E-state index is 12.3. The number of halogens is 1. The Morgan fingerprint density at radius 2 is 1.76 bits per heavy atom. The summed E-state index contributed by atoms with van der Waals surface area (Å²) >= 11 is 6.16. The molecule has 33 heavy (non-hydrogen) atoms. The van der Waals surface area contributed by atoms with E-state index >= 15 is 0 Å². The van der Waals surface area contributed by atoms with Gasteiger partial charge in [0.25, 0.3) is 0 Å². The minimum atomic E-state index is -1.82. The zero-order valence-electron chi connectivity index (χ0n) is 18.5. The Hall–Kier alpha value is -2.90. The Morgan fingerprint density at radius 1 is 1.00 bits per heavy atom. The second-order valence-corrected chi connectivity index (χ2v) is 8.77. The monoisotopic (exact) mass is 472 g/mol. The van der Waals surface area contributed by atoms with Crippen molar-refractivity contribution in [2.75, 3.05) is 31.1 Å². The molecular formula is C25H29ClN2O5. The summed E-state index contributed by atoms with van der Waals surface area (Å²) < 4.78 is 0. The summed E-state index contributed by atoms with van der Waals surface area (Å²) in [5, 5.41) is 15.6. The maximum Gasteiger partial charge on any atom is 0.414 e. The van der Waals surface area contributed by atoms with Crippen molar-refractivity contribution in [2.24, 2.45) is 0 Å². The molecule has 2 saturated heterocycles. The van der Waals surface area contributed by atoms with Crippen LogP contribution in [0.25, 0.3) is 0 Å². The molecule has 1 atom stereocenters. The van der Waals surface area contributed by atoms with Crippen molar-refractivity contribution in [3.05, 3.63) is 64.7 Å². The smallest absolute Gasteiger partial charge is 0.414 e. The normalized spacial score (nSPS) is 18.5. The fourth-order valence-electron chi connectivity index (χ4n) is 4.39. The number of hydrogen-bond donors (Lipinski definition) is 2. The van der Waals surface area contributed by atoms with Crippen molar-refractivity contribution in [3.63, 3.8) is 0 Å². The third-order valence-corrected chi connectivity index (χ3v) is 6.31. The van der Waals surface area contributed by atoms with E-state index in [0.717, 1.165) is 56.2 Å². The number of anilines is 1. The van der Waals surface area contributed by atoms with Gasteiger partial charge in [0.15, 0.2) is 0 Å². The van der Waals surface area contributed by atoms with Crippen LogP contribution in [0.5, 0.6) is 0 Å². The third kappa shape index (κ3) is 7.04. The molecule has 0 spiro atoms. The molecular weight excluding hydrogens is 444 g/mol. The lowest BCUT2D eigenvalue weighted by Gasteiger charge is -2.29. The predicted octanol–water partition coefficient (Wildman–Crippen LogP) is 4.04. The fourth-order valence-corrected chi connectivity index (χ4v) is 4.59. The first-order chi connectivity index (χ1) is 15.8. The molecule has 7 nitrogen and oxygen atoms in total. The highest BCUT2D eigenvalue weighted by atomic mass is 35.5. The van der Waals surface area contributed by atoms with E-state index in [0.29, 0.717) is 12.3 Å². The van der Waals surface area contributed by atoms with Crippen molar-refractivity contribution in [2.45, 2.75) is 38.0 Å². The van der Waals surface area contributed by atoms with Crippen molar-refractivity contribution >= 4 is 35.1 Å². The van der Waals surface area contributed by atoms with Gasteiger partial charge in [-0.1, -0.05) is 41.9 Å². The number of para-hydroxylation sites is 1. The van der Waals surface area contributed by atoms with Crippen molar-refractivity contribution in [1.29, 1.82) is 0 Å². The zero-order chi connectivity index (χ0) is 23.8. The number of benzene rings is 2. The average molecular weight is 473 g/mol. The summed E-state index contributed by atoms with van der Waals surface area (Å²) in [7, 11) is 0. The Labute approximate surface area is 198 Å². The van der Waals surface area contributed by atoms with Crippen LogP contribution in [0.3, 0.4) is 0 Å². The van der Waals surface area contributed by atoms with Gasteiger partial charge in [-0.15, -0.1) is 0 Å². The lowest BCUT2D eigenvalue weighted by molar-refractivity contribution is -0.159. The molecule has 8 heteroatoms. The standard InChI is InChI=1S/C23H27ClN2O.C2H2O4/c24-21-8-5-7-19(16-21)20-12-15-25(17-20)14-11-18-6-1-2-9-22(18)26-13-4-3-10-23(26)27;3-1(4)2(5)6/h1-2,5-9,16,20H,3-4,10-15,17H2;(H,3,4)(H,5,6). The van der Waals surface area contributed by atoms with Gasteiger partial charge >= 0.3 is 11.9 Å². The lowest BCUT2D eigenvalue weighted by Crippen LogP contribution is -2.36. The van der Waals surface area contributed by atoms with Crippen LogP contribution in [0.2, 0.25) is 5.02 Å². The summed E-state index contributed by atoms with van der Waals surface area (Å²) in [6.07, 6.45) is 4.99. The number of amides is 1. The van der Waals surface area contributed by atoms with Crippen LogP contribution >= 0.6 is 11.6 Å². The molecule has 0 aromatic heterocycles. The molecule has 2 aliphatic heterocycles. The highest BCUT2D eigenvalue weighted by Gasteiger charge is 2.25. The van der Waals surface area contributed by atoms with E-state index in [1.807, 2.05) is 23.1 Å². The number of likely N-dealkylation sites (tertiary alicyclic amines) is 1. The summed E-state index contributed by atoms with van der Waals surface area (Å²) in [6.45, 7) is 4.11. The summed E-state index contributed by atoms with van der Waals surface area (Å²) in [5.74, 6) is -2.80. The molecule has 4 rings (SSSR count). The first kappa shape index (κ1) is 24.7. The van der Waals surface area contributed by atoms with Crippen LogP contribution in [0.4, 0.5) is 5.69 Å². The Morgan fingerprint density at radius 3 is 2.45 bits per heavy atom. The second-order valence-electron chi connectivity index (χ2n) is 8.33. The maximum atomic E-state index is 12.3. The molecule has 2 aromatic carbocycles. The topological polar surface area (TPSA) is 98.1 Å². The Kier molecular flexibility index (Phi) is 8.86. The number of aliphatic carboxylic acids is 2. The number of nitrogens with zero attached hydrogens (tertiary/aromatic N) is 2. The number of carbonyl (C=O) groups is 3. The van der Waals surface area contributed by atoms with Crippen LogP contribution < -0.4 is 4.90 Å². The number of carbonyl (C=O) groups excluding carboxylic acids is 1. The van der Waals surface area contributed by atoms with E-state index in [1.54, 1.807) is 0 Å². The van der Waals surface area contributed by atoms with Gasteiger partial charge in [-0.3, -0.25) is 4.79 Å². The molecule has 1 unspecified atom stereocenters. The van der Waals surface area contributed by atoms with Crippen LogP contribution in [0.15, 0.2) is 48.5 Å². The summed E-state index contributed by atoms with van der Waals surface area (Å²) in [4.78, 5) is 35.1. The van der Waals surface area contributed by atoms with E-state index in [4.69, 9.17) is 31.4 Å². The minimum absolute atomic E-state index is 0.274. The van der Waals surface area contributed by atoms with Gasteiger partial charge in [0.1, 0.15) is 0 Å². The lowest BCUT2D eigenvalue weighted by atomic mass is 9.99. The van der Waals surface area contributed by atoms with Gasteiger partial charge in [-0.05, 0) is 67.5 Å². The van der Waals surface area contributed by atoms with Crippen molar-refractivity contribution in [3.8, 4) is 0 Å². The number of carboxylic acids is 2. The van der Waals surface area contributed by atoms with Crippen LogP contribution in [0, 0.1) is 0 Å². The third-order valence-electron chi connectivity index (χ3n) is 6.08. The molecule has 2 fully saturated rings. The first-order valence-corrected chi connectivity index (χ1v) is 11.5. The molecule has 176 valence electrons. The van der Waals surface area contributed by atoms with Crippen LogP contribution in [-0.4, -0.2) is 59.1 Å². The first-order valence-electron chi connectivity index (χ1n) is 11.2. The van der Waals surface area contributed by atoms with E-state index in [1.165, 1.54) is 17.5 Å². The number of rotatable bonds is 5. The highest BCUT2D eigenvalue weighted by molar-refractivity contribution is 6.30. The zero-order valence-corrected chi connectivity index (χ0v) is 19.2. The van der Waals surface area contributed by atoms with Gasteiger partial charge in [-0.2, -0.15) is 0 Å². The Bertz CT molecular complexity index is 984. The van der Waals surface area contributed by atoms with Gasteiger partial charge in [-0.25, -0.2) is 9.59 Å². The minimum Gasteiger partial charge on any atom is -0.473 e. The van der Waals surface area contributed by atoms with E-state index in [9.17, 15) is 4.79 Å². The predicted molar refractivity (Wildman–Crippen MR) is 127 cm³/mol. The van der Waals surface area contributed by atoms with E-state index < -0.39 is 11.9 Å². The molecule has 0 aliphatic carbocycles. The summed E-state index contributed by atoms with van der Waals surface area (Å²) in [6, 6.07) is 16.7. The molecule has 2 N–H and O–H groups in total. The van der Waals surface area contributed by atoms with Gasteiger partial charge in [0.2, 0.25) is 5.91 Å². The quantitative estimate of drug-likeness (QED) is 0.637. The van der Waals surface area contributed by atoms with Crippen molar-refractivity contribution < 1.29 is 24.6 Å². The van der Waals surface area contributed by atoms with Gasteiger partial charge in [0, 0.05) is 36.8 Å². The van der Waals surface area contributed by atoms with Gasteiger partial charge < -0.3 is 20.0 Å². The molecule has 2 heterocycles. The SMILES string of the molecule is O=C(O)C(=O)O.O=C1CCCCN1c1ccccc1CCN1CCC(c2cccc(Cl)c2)C1. The fraction of sp³-hybridized carbons (Fsp3) is 0.400. The largest absolute Gasteiger partial charge is 0.473 e. The second kappa shape index (κ2) is 11.8. The van der Waals surface area contributed by atoms with E-state index in [-0.39, 0.29) is 5.91 Å². The van der Waals surface area contributed by atoms with Crippen molar-refractivity contribution in [1.82, 2.24) is 4.90 Å². The number of carboxylic acid groups (broad SMARTS) is 2. The van der Waals surface area contributed by atoms with Gasteiger partial charge in [0.05, 0.1) is 0 Å². The molecule has 0 bridgehead atoms. The molecule has 2 aromatic rings.